The standard InChI is InChI=1S/C22H19N3O4S/c1-2-13-7-14-8-18-19(29-12-28-18)9-16(14)24-22(13)30-11-21(27)25-10-20(26)23-15-5-3-4-6-17(15)25/h3-9H,2,10-12H2,1H3,(H,23,26). The Bertz CT molecular complexity index is 1180. The molecule has 1 aromatic heterocycles. The molecule has 0 atom stereocenters. The molecule has 2 aliphatic heterocycles. The second kappa shape index (κ2) is 7.53. The van der Waals surface area contributed by atoms with Crippen LogP contribution < -0.4 is 19.7 Å². The number of ether oxygens (including phenoxy) is 2. The molecule has 7 nitrogen and oxygen atoms in total. The van der Waals surface area contributed by atoms with E-state index in [4.69, 9.17) is 14.5 Å². The van der Waals surface area contributed by atoms with Gasteiger partial charge in [-0.25, -0.2) is 4.98 Å². The molecule has 0 radical (unpaired) electrons. The van der Waals surface area contributed by atoms with Crippen molar-refractivity contribution in [2.75, 3.05) is 29.3 Å². The van der Waals surface area contributed by atoms with Gasteiger partial charge in [-0.15, -0.1) is 0 Å². The first-order valence-electron chi connectivity index (χ1n) is 9.67. The molecule has 3 heterocycles. The van der Waals surface area contributed by atoms with Gasteiger partial charge in [0.1, 0.15) is 11.6 Å². The number of pyridine rings is 1. The minimum absolute atomic E-state index is 0.0195. The molecule has 1 N–H and O–H groups in total. The van der Waals surface area contributed by atoms with Gasteiger partial charge in [-0.05, 0) is 36.2 Å². The van der Waals surface area contributed by atoms with Crippen LogP contribution in [0.3, 0.4) is 0 Å². The maximum Gasteiger partial charge on any atom is 0.244 e. The molecular weight excluding hydrogens is 402 g/mol. The Kier molecular flexibility index (Phi) is 4.71. The van der Waals surface area contributed by atoms with E-state index < -0.39 is 0 Å². The maximum atomic E-state index is 13.0. The van der Waals surface area contributed by atoms with E-state index in [0.717, 1.165) is 39.4 Å². The highest BCUT2D eigenvalue weighted by Crippen LogP contribution is 2.37. The van der Waals surface area contributed by atoms with Gasteiger partial charge in [0.05, 0.1) is 22.6 Å². The van der Waals surface area contributed by atoms with Crippen LogP contribution in [0, 0.1) is 0 Å². The summed E-state index contributed by atoms with van der Waals surface area (Å²) in [5.74, 6) is 1.28. The fraction of sp³-hybridized carbons (Fsp3) is 0.227. The van der Waals surface area contributed by atoms with Gasteiger partial charge in [0, 0.05) is 11.5 Å². The van der Waals surface area contributed by atoms with E-state index in [1.807, 2.05) is 30.3 Å². The number of aromatic nitrogens is 1. The van der Waals surface area contributed by atoms with Crippen LogP contribution in [0.1, 0.15) is 12.5 Å². The van der Waals surface area contributed by atoms with Crippen LogP contribution in [-0.2, 0) is 16.0 Å². The molecule has 2 amide bonds. The number of carbonyl (C=O) groups is 2. The zero-order chi connectivity index (χ0) is 20.7. The van der Waals surface area contributed by atoms with Crippen LogP contribution in [0.4, 0.5) is 11.4 Å². The Hall–Kier alpha value is -3.26. The Balaban J connectivity index is 1.40. The van der Waals surface area contributed by atoms with E-state index in [1.165, 1.54) is 16.7 Å². The molecule has 0 spiro atoms. The molecule has 0 saturated heterocycles. The lowest BCUT2D eigenvalue weighted by molar-refractivity contribution is -0.120. The summed E-state index contributed by atoms with van der Waals surface area (Å²) < 4.78 is 10.9. The average Bonchev–Trinajstić information content (AvgIpc) is 3.21. The van der Waals surface area contributed by atoms with E-state index in [2.05, 4.69) is 18.3 Å². The third-order valence-corrected chi connectivity index (χ3v) is 6.15. The monoisotopic (exact) mass is 421 g/mol. The fourth-order valence-electron chi connectivity index (χ4n) is 3.63. The number of carbonyl (C=O) groups excluding carboxylic acids is 2. The van der Waals surface area contributed by atoms with Crippen molar-refractivity contribution >= 4 is 45.9 Å². The zero-order valence-corrected chi connectivity index (χ0v) is 17.1. The van der Waals surface area contributed by atoms with E-state index in [0.29, 0.717) is 11.4 Å². The van der Waals surface area contributed by atoms with Gasteiger partial charge in [0.2, 0.25) is 18.6 Å². The molecule has 2 aliphatic rings. The minimum Gasteiger partial charge on any atom is -0.454 e. The molecule has 0 fully saturated rings. The van der Waals surface area contributed by atoms with Crippen molar-refractivity contribution in [3.05, 3.63) is 48.0 Å². The summed E-state index contributed by atoms with van der Waals surface area (Å²) in [6.45, 7) is 2.30. The number of nitrogens with zero attached hydrogens (tertiary/aromatic N) is 2. The molecular formula is C22H19N3O4S. The second-order valence-electron chi connectivity index (χ2n) is 7.04. The number of amides is 2. The Morgan fingerprint density at radius 1 is 1.20 bits per heavy atom. The third-order valence-electron chi connectivity index (χ3n) is 5.13. The molecule has 152 valence electrons. The molecule has 0 unspecified atom stereocenters. The molecule has 30 heavy (non-hydrogen) atoms. The fourth-order valence-corrected chi connectivity index (χ4v) is 4.60. The van der Waals surface area contributed by atoms with Gasteiger partial charge in [0.25, 0.3) is 0 Å². The van der Waals surface area contributed by atoms with Crippen molar-refractivity contribution in [1.29, 1.82) is 0 Å². The molecule has 8 heteroatoms. The number of para-hydroxylation sites is 2. The number of benzene rings is 2. The highest BCUT2D eigenvalue weighted by atomic mass is 32.2. The van der Waals surface area contributed by atoms with Crippen molar-refractivity contribution in [2.45, 2.75) is 18.4 Å². The Morgan fingerprint density at radius 3 is 2.83 bits per heavy atom. The Labute approximate surface area is 177 Å². The number of nitrogens with one attached hydrogen (secondary N) is 1. The molecule has 0 saturated carbocycles. The molecule has 2 aromatic carbocycles. The SMILES string of the molecule is CCc1cc2cc3c(cc2nc1SCC(=O)N1CC(=O)Nc2ccccc21)OCO3. The molecule has 0 bridgehead atoms. The van der Waals surface area contributed by atoms with Gasteiger partial charge < -0.3 is 19.7 Å². The first-order chi connectivity index (χ1) is 14.6. The zero-order valence-electron chi connectivity index (χ0n) is 16.3. The minimum atomic E-state index is -0.193. The van der Waals surface area contributed by atoms with E-state index >= 15 is 0 Å². The predicted octanol–water partition coefficient (Wildman–Crippen LogP) is 3.60. The van der Waals surface area contributed by atoms with Crippen LogP contribution in [0.2, 0.25) is 0 Å². The molecule has 5 rings (SSSR count). The third kappa shape index (κ3) is 3.33. The lowest BCUT2D eigenvalue weighted by atomic mass is 10.1. The van der Waals surface area contributed by atoms with Crippen LogP contribution in [0.15, 0.2) is 47.5 Å². The van der Waals surface area contributed by atoms with E-state index in [-0.39, 0.29) is 30.9 Å². The predicted molar refractivity (Wildman–Crippen MR) is 115 cm³/mol. The van der Waals surface area contributed by atoms with Crippen molar-refractivity contribution in [3.8, 4) is 11.5 Å². The van der Waals surface area contributed by atoms with Gasteiger partial charge in [-0.3, -0.25) is 9.59 Å². The first kappa shape index (κ1) is 18.7. The van der Waals surface area contributed by atoms with Gasteiger partial charge in [-0.1, -0.05) is 30.8 Å². The average molecular weight is 421 g/mol. The summed E-state index contributed by atoms with van der Waals surface area (Å²) in [6.07, 6.45) is 0.795. The quantitative estimate of drug-likeness (QED) is 0.649. The smallest absolute Gasteiger partial charge is 0.244 e. The number of rotatable bonds is 4. The lowest BCUT2D eigenvalue weighted by Gasteiger charge is -2.29. The second-order valence-corrected chi connectivity index (χ2v) is 8.00. The Morgan fingerprint density at radius 2 is 2.00 bits per heavy atom. The number of hydrogen-bond donors (Lipinski definition) is 1. The highest BCUT2D eigenvalue weighted by molar-refractivity contribution is 8.00. The van der Waals surface area contributed by atoms with Crippen molar-refractivity contribution < 1.29 is 19.1 Å². The summed E-state index contributed by atoms with van der Waals surface area (Å²) in [4.78, 5) is 31.3. The highest BCUT2D eigenvalue weighted by Gasteiger charge is 2.27. The number of fused-ring (bicyclic) bond motifs is 3. The van der Waals surface area contributed by atoms with Gasteiger partial charge >= 0.3 is 0 Å². The van der Waals surface area contributed by atoms with Gasteiger partial charge in [0.15, 0.2) is 11.5 Å². The summed E-state index contributed by atoms with van der Waals surface area (Å²) in [7, 11) is 0. The van der Waals surface area contributed by atoms with Gasteiger partial charge in [-0.2, -0.15) is 0 Å². The normalized spacial score (nSPS) is 14.6. The number of anilines is 2. The van der Waals surface area contributed by atoms with Crippen molar-refractivity contribution in [1.82, 2.24) is 4.98 Å². The van der Waals surface area contributed by atoms with Crippen molar-refractivity contribution in [3.63, 3.8) is 0 Å². The molecule has 3 aromatic rings. The summed E-state index contributed by atoms with van der Waals surface area (Å²) in [5, 5.41) is 4.60. The molecule has 0 aliphatic carbocycles. The first-order valence-corrected chi connectivity index (χ1v) is 10.7. The number of hydrogen-bond acceptors (Lipinski definition) is 6. The summed E-state index contributed by atoms with van der Waals surface area (Å²) in [6, 6.07) is 13.2. The van der Waals surface area contributed by atoms with Crippen molar-refractivity contribution in [2.24, 2.45) is 0 Å². The van der Waals surface area contributed by atoms with Crippen LogP contribution >= 0.6 is 11.8 Å². The topological polar surface area (TPSA) is 80.8 Å². The number of aryl methyl sites for hydroxylation is 1. The van der Waals surface area contributed by atoms with Crippen LogP contribution in [0.25, 0.3) is 10.9 Å². The summed E-state index contributed by atoms with van der Waals surface area (Å²) >= 11 is 1.39. The van der Waals surface area contributed by atoms with E-state index in [1.54, 1.807) is 6.07 Å². The van der Waals surface area contributed by atoms with E-state index in [9.17, 15) is 9.59 Å². The number of thioether (sulfide) groups is 1. The van der Waals surface area contributed by atoms with Crippen LogP contribution in [0.5, 0.6) is 11.5 Å². The summed E-state index contributed by atoms with van der Waals surface area (Å²) in [5.41, 5.74) is 3.24. The largest absolute Gasteiger partial charge is 0.454 e. The maximum absolute atomic E-state index is 13.0. The lowest BCUT2D eigenvalue weighted by Crippen LogP contribution is -2.43. The van der Waals surface area contributed by atoms with Crippen LogP contribution in [-0.4, -0.2) is 35.9 Å².